The molecule has 1 aliphatic heterocycles. The molecule has 2 aromatic heterocycles. The first-order valence-electron chi connectivity index (χ1n) is 9.79. The normalized spacial score (nSPS) is 16.4. The molecule has 0 atom stereocenters. The number of thiophene rings is 1. The van der Waals surface area contributed by atoms with Crippen LogP contribution in [0.1, 0.15) is 11.1 Å². The van der Waals surface area contributed by atoms with Gasteiger partial charge in [0.15, 0.2) is 0 Å². The lowest BCUT2D eigenvalue weighted by atomic mass is 10.1. The number of carbonyl (C=O) groups excluding carboxylic acids is 1. The molecule has 1 aliphatic rings. The lowest BCUT2D eigenvalue weighted by Gasteiger charge is -2.12. The number of nitrogens with zero attached hydrogens (tertiary/aromatic N) is 3. The summed E-state index contributed by atoms with van der Waals surface area (Å²) in [7, 11) is -3.82. The van der Waals surface area contributed by atoms with Gasteiger partial charge >= 0.3 is 15.9 Å². The molecule has 10 heteroatoms. The van der Waals surface area contributed by atoms with Gasteiger partial charge in [-0.25, -0.2) is 9.52 Å². The highest BCUT2D eigenvalue weighted by Crippen LogP contribution is 2.29. The van der Waals surface area contributed by atoms with E-state index in [9.17, 15) is 18.0 Å². The van der Waals surface area contributed by atoms with Crippen LogP contribution in [0.3, 0.4) is 0 Å². The average molecular weight is 457 g/mol. The van der Waals surface area contributed by atoms with Crippen molar-refractivity contribution in [3.8, 4) is 0 Å². The molecule has 3 heterocycles. The van der Waals surface area contributed by atoms with Crippen molar-refractivity contribution in [2.45, 2.75) is 20.0 Å². The summed E-state index contributed by atoms with van der Waals surface area (Å²) in [6.45, 7) is 2.46. The van der Waals surface area contributed by atoms with Gasteiger partial charge in [-0.15, -0.1) is 11.3 Å². The highest BCUT2D eigenvalue weighted by atomic mass is 32.2. The molecular formula is C21H20N4O4S2. The third-order valence-corrected chi connectivity index (χ3v) is 8.09. The van der Waals surface area contributed by atoms with E-state index in [0.29, 0.717) is 6.54 Å². The quantitative estimate of drug-likeness (QED) is 0.497. The van der Waals surface area contributed by atoms with Crippen molar-refractivity contribution < 1.29 is 13.2 Å². The Morgan fingerprint density at radius 3 is 2.45 bits per heavy atom. The minimum absolute atomic E-state index is 0.0372. The fourth-order valence-corrected chi connectivity index (χ4v) is 6.29. The summed E-state index contributed by atoms with van der Waals surface area (Å²) in [4.78, 5) is 24.8. The standard InChI is InChI=1S/C21H20N4O4S2/c1-14-5-4-8-18-20(14)15(13-30-18)11-25-17-7-3-2-6-16(17)24(21(25)27)10-9-23-12-19(26)22-31(23,28)29/h2-8,13H,9-12H2,1H3,(H,22,26). The number of carbonyl (C=O) groups is 1. The van der Waals surface area contributed by atoms with Crippen molar-refractivity contribution in [2.75, 3.05) is 13.1 Å². The van der Waals surface area contributed by atoms with Crippen LogP contribution >= 0.6 is 11.3 Å². The molecule has 160 valence electrons. The predicted molar refractivity (Wildman–Crippen MR) is 120 cm³/mol. The van der Waals surface area contributed by atoms with Crippen LogP contribution in [0.15, 0.2) is 52.6 Å². The highest BCUT2D eigenvalue weighted by molar-refractivity contribution is 7.88. The Morgan fingerprint density at radius 2 is 1.74 bits per heavy atom. The van der Waals surface area contributed by atoms with Gasteiger partial charge in [0.1, 0.15) is 0 Å². The number of hydrogen-bond donors (Lipinski definition) is 1. The zero-order valence-electron chi connectivity index (χ0n) is 16.7. The van der Waals surface area contributed by atoms with Gasteiger partial charge in [0, 0.05) is 23.2 Å². The molecular weight excluding hydrogens is 436 g/mol. The number of hydrogen-bond acceptors (Lipinski definition) is 5. The second kappa shape index (κ2) is 7.33. The summed E-state index contributed by atoms with van der Waals surface area (Å²) in [6.07, 6.45) is 0. The minimum atomic E-state index is -3.82. The van der Waals surface area contributed by atoms with Crippen LogP contribution in [0, 0.1) is 6.92 Å². The molecule has 1 fully saturated rings. The lowest BCUT2D eigenvalue weighted by molar-refractivity contribution is -0.118. The summed E-state index contributed by atoms with van der Waals surface area (Å²) < 4.78 is 31.5. The van der Waals surface area contributed by atoms with Crippen molar-refractivity contribution in [2.24, 2.45) is 0 Å². The Morgan fingerprint density at radius 1 is 1.00 bits per heavy atom. The molecule has 5 rings (SSSR count). The molecule has 31 heavy (non-hydrogen) atoms. The number of aromatic nitrogens is 2. The Bertz CT molecular complexity index is 1500. The fourth-order valence-electron chi connectivity index (χ4n) is 4.17. The van der Waals surface area contributed by atoms with Gasteiger partial charge in [-0.3, -0.25) is 13.9 Å². The van der Waals surface area contributed by atoms with Crippen molar-refractivity contribution in [3.05, 3.63) is 69.5 Å². The van der Waals surface area contributed by atoms with Crippen molar-refractivity contribution in [3.63, 3.8) is 0 Å². The maximum atomic E-state index is 13.3. The topological polar surface area (TPSA) is 93.4 Å². The molecule has 0 bridgehead atoms. The molecule has 0 spiro atoms. The van der Waals surface area contributed by atoms with Gasteiger partial charge in [-0.2, -0.15) is 12.7 Å². The Labute approximate surface area is 182 Å². The van der Waals surface area contributed by atoms with Crippen molar-refractivity contribution in [1.82, 2.24) is 18.2 Å². The molecule has 1 saturated heterocycles. The van der Waals surface area contributed by atoms with Crippen LogP contribution in [0.25, 0.3) is 21.1 Å². The van der Waals surface area contributed by atoms with E-state index in [2.05, 4.69) is 24.4 Å². The number of imidazole rings is 1. The number of fused-ring (bicyclic) bond motifs is 2. The zero-order chi connectivity index (χ0) is 21.8. The molecule has 8 nitrogen and oxygen atoms in total. The monoisotopic (exact) mass is 456 g/mol. The smallest absolute Gasteiger partial charge is 0.291 e. The van der Waals surface area contributed by atoms with E-state index in [1.807, 2.05) is 35.1 Å². The Kier molecular flexibility index (Phi) is 4.72. The molecule has 1 N–H and O–H groups in total. The first kappa shape index (κ1) is 20.0. The first-order valence-corrected chi connectivity index (χ1v) is 12.1. The van der Waals surface area contributed by atoms with Gasteiger partial charge in [0.05, 0.1) is 24.1 Å². The average Bonchev–Trinajstić information content (AvgIpc) is 3.34. The van der Waals surface area contributed by atoms with E-state index < -0.39 is 16.1 Å². The Hall–Kier alpha value is -2.95. The lowest BCUT2D eigenvalue weighted by Crippen LogP contribution is -2.34. The maximum Gasteiger partial charge on any atom is 0.329 e. The molecule has 0 radical (unpaired) electrons. The second-order valence-electron chi connectivity index (χ2n) is 7.58. The van der Waals surface area contributed by atoms with E-state index >= 15 is 0 Å². The summed E-state index contributed by atoms with van der Waals surface area (Å²) >= 11 is 1.66. The third-order valence-electron chi connectivity index (χ3n) is 5.61. The maximum absolute atomic E-state index is 13.3. The third kappa shape index (κ3) is 3.36. The minimum Gasteiger partial charge on any atom is -0.291 e. The second-order valence-corrected chi connectivity index (χ2v) is 10.2. The van der Waals surface area contributed by atoms with E-state index in [-0.39, 0.29) is 25.3 Å². The molecule has 0 unspecified atom stereocenters. The van der Waals surface area contributed by atoms with Crippen LogP contribution < -0.4 is 10.4 Å². The summed E-state index contributed by atoms with van der Waals surface area (Å²) in [5, 5.41) is 3.26. The summed E-state index contributed by atoms with van der Waals surface area (Å²) in [6, 6.07) is 13.7. The van der Waals surface area contributed by atoms with Gasteiger partial charge in [0.2, 0.25) is 5.91 Å². The van der Waals surface area contributed by atoms with Crippen molar-refractivity contribution in [1.29, 1.82) is 0 Å². The molecule has 2 aromatic carbocycles. The van der Waals surface area contributed by atoms with Crippen LogP contribution in [0.4, 0.5) is 0 Å². The number of aryl methyl sites for hydroxylation is 1. The number of para-hydroxylation sites is 2. The largest absolute Gasteiger partial charge is 0.329 e. The highest BCUT2D eigenvalue weighted by Gasteiger charge is 2.33. The van der Waals surface area contributed by atoms with Gasteiger partial charge < -0.3 is 0 Å². The van der Waals surface area contributed by atoms with Gasteiger partial charge in [-0.05, 0) is 41.6 Å². The van der Waals surface area contributed by atoms with Crippen LogP contribution in [-0.2, 0) is 28.1 Å². The molecule has 4 aromatic rings. The van der Waals surface area contributed by atoms with Crippen molar-refractivity contribution >= 4 is 48.6 Å². The number of benzene rings is 2. The van der Waals surface area contributed by atoms with E-state index in [4.69, 9.17) is 0 Å². The van der Waals surface area contributed by atoms with E-state index in [1.165, 1.54) is 15.6 Å². The molecule has 0 saturated carbocycles. The molecule has 1 amide bonds. The SMILES string of the molecule is Cc1cccc2scc(Cn3c(=O)n(CCN4CC(=O)NS4(=O)=O)c4ccccc43)c12. The number of rotatable bonds is 5. The van der Waals surface area contributed by atoms with Gasteiger partial charge in [0.25, 0.3) is 0 Å². The fraction of sp³-hybridized carbons (Fsp3) is 0.238. The number of nitrogens with one attached hydrogen (secondary N) is 1. The van der Waals surface area contributed by atoms with Crippen LogP contribution in [0.5, 0.6) is 0 Å². The zero-order valence-corrected chi connectivity index (χ0v) is 18.4. The number of amides is 1. The van der Waals surface area contributed by atoms with Crippen LogP contribution in [0.2, 0.25) is 0 Å². The Balaban J connectivity index is 1.54. The summed E-state index contributed by atoms with van der Waals surface area (Å²) in [5.74, 6) is -0.561. The summed E-state index contributed by atoms with van der Waals surface area (Å²) in [5.41, 5.74) is 3.57. The van der Waals surface area contributed by atoms with E-state index in [0.717, 1.165) is 20.9 Å². The predicted octanol–water partition coefficient (Wildman–Crippen LogP) is 2.05. The van der Waals surface area contributed by atoms with E-state index in [1.54, 1.807) is 20.5 Å². The van der Waals surface area contributed by atoms with Gasteiger partial charge in [-0.1, -0.05) is 24.3 Å². The molecule has 0 aliphatic carbocycles. The first-order chi connectivity index (χ1) is 14.8. The van der Waals surface area contributed by atoms with Crippen LogP contribution in [-0.4, -0.2) is 40.9 Å².